The highest BCUT2D eigenvalue weighted by molar-refractivity contribution is 7.08. The van der Waals surface area contributed by atoms with E-state index in [0.29, 0.717) is 12.1 Å². The van der Waals surface area contributed by atoms with Crippen molar-refractivity contribution in [3.05, 3.63) is 82.3 Å². The van der Waals surface area contributed by atoms with Crippen molar-refractivity contribution < 1.29 is 4.79 Å². The zero-order valence-corrected chi connectivity index (χ0v) is 15.8. The van der Waals surface area contributed by atoms with E-state index in [2.05, 4.69) is 9.88 Å². The number of aliphatic imine (C=N–C) groups is 1. The molecule has 136 valence electrons. The van der Waals surface area contributed by atoms with Crippen LogP contribution in [0.25, 0.3) is 0 Å². The van der Waals surface area contributed by atoms with E-state index < -0.39 is 6.04 Å². The first kappa shape index (κ1) is 17.6. The van der Waals surface area contributed by atoms with Gasteiger partial charge < -0.3 is 10.6 Å². The molecule has 27 heavy (non-hydrogen) atoms. The third-order valence-electron chi connectivity index (χ3n) is 4.90. The van der Waals surface area contributed by atoms with Gasteiger partial charge in [-0.2, -0.15) is 11.3 Å². The maximum Gasteiger partial charge on any atom is 0.182 e. The number of likely N-dealkylation sites (N-methyl/N-ethyl adjacent to an activating group) is 1. The van der Waals surface area contributed by atoms with Crippen LogP contribution in [0.15, 0.2) is 70.5 Å². The quantitative estimate of drug-likeness (QED) is 0.711. The van der Waals surface area contributed by atoms with E-state index in [4.69, 9.17) is 10.7 Å². The minimum Gasteiger partial charge on any atom is -0.367 e. The highest BCUT2D eigenvalue weighted by Crippen LogP contribution is 2.28. The molecule has 0 saturated heterocycles. The minimum atomic E-state index is -0.663. The predicted octanol–water partition coefficient (Wildman–Crippen LogP) is 3.01. The van der Waals surface area contributed by atoms with E-state index in [1.54, 1.807) is 6.20 Å². The number of pyridine rings is 1. The van der Waals surface area contributed by atoms with Gasteiger partial charge in [-0.25, -0.2) is 0 Å². The summed E-state index contributed by atoms with van der Waals surface area (Å²) >= 11 is 1.50. The Bertz CT molecular complexity index is 969. The summed E-state index contributed by atoms with van der Waals surface area (Å²) in [6.45, 7) is 0.425. The first-order valence-electron chi connectivity index (χ1n) is 8.77. The van der Waals surface area contributed by atoms with Gasteiger partial charge in [0.2, 0.25) is 0 Å². The second kappa shape index (κ2) is 7.42. The largest absolute Gasteiger partial charge is 0.367 e. The Hall–Kier alpha value is -2.83. The van der Waals surface area contributed by atoms with Crippen molar-refractivity contribution >= 4 is 28.5 Å². The van der Waals surface area contributed by atoms with Crippen LogP contribution < -0.4 is 10.6 Å². The van der Waals surface area contributed by atoms with Crippen LogP contribution >= 0.6 is 11.3 Å². The van der Waals surface area contributed by atoms with Crippen molar-refractivity contribution in [1.82, 2.24) is 4.98 Å². The summed E-state index contributed by atoms with van der Waals surface area (Å²) < 4.78 is 0. The lowest BCUT2D eigenvalue weighted by Crippen LogP contribution is -2.52. The number of ketones is 1. The summed E-state index contributed by atoms with van der Waals surface area (Å²) in [6, 6.07) is 14.8. The van der Waals surface area contributed by atoms with E-state index in [-0.39, 0.29) is 11.8 Å². The summed E-state index contributed by atoms with van der Waals surface area (Å²) in [7, 11) is 1.97. The summed E-state index contributed by atoms with van der Waals surface area (Å²) in [4.78, 5) is 24.2. The lowest BCUT2D eigenvalue weighted by atomic mass is 9.98. The van der Waals surface area contributed by atoms with Crippen molar-refractivity contribution in [2.45, 2.75) is 12.1 Å². The SMILES string of the molecule is CN1c2ccccc2C(c2ccccn2)=NCC1C(N)C(=O)c1ccsc1. The Balaban J connectivity index is 1.75. The van der Waals surface area contributed by atoms with Gasteiger partial charge in [0.15, 0.2) is 5.78 Å². The van der Waals surface area contributed by atoms with E-state index in [0.717, 1.165) is 22.7 Å². The monoisotopic (exact) mass is 376 g/mol. The maximum atomic E-state index is 12.8. The number of hydrogen-bond donors (Lipinski definition) is 1. The molecule has 1 aromatic carbocycles. The molecule has 2 N–H and O–H groups in total. The first-order chi connectivity index (χ1) is 13.2. The average Bonchev–Trinajstić information content (AvgIpc) is 3.21. The Labute approximate surface area is 162 Å². The number of Topliss-reactive ketones (excluding diaryl/α,β-unsaturated/α-hetero) is 1. The Morgan fingerprint density at radius 2 is 2.04 bits per heavy atom. The van der Waals surface area contributed by atoms with Gasteiger partial charge in [-0.05, 0) is 29.6 Å². The first-order valence-corrected chi connectivity index (χ1v) is 9.71. The molecule has 2 unspecified atom stereocenters. The number of fused-ring (bicyclic) bond motifs is 1. The lowest BCUT2D eigenvalue weighted by molar-refractivity contribution is 0.0950. The molecule has 3 heterocycles. The fourth-order valence-corrected chi connectivity index (χ4v) is 4.05. The Kier molecular flexibility index (Phi) is 4.83. The lowest BCUT2D eigenvalue weighted by Gasteiger charge is -2.32. The number of nitrogens with zero attached hydrogens (tertiary/aromatic N) is 3. The standard InChI is InChI=1S/C21H20N4OS/c1-25-17-8-3-2-6-15(17)20(16-7-4-5-10-23-16)24-12-18(25)19(22)21(26)14-9-11-27-13-14/h2-11,13,18-19H,12,22H2,1H3. The topological polar surface area (TPSA) is 71.6 Å². The van der Waals surface area contributed by atoms with E-state index in [9.17, 15) is 4.79 Å². The highest BCUT2D eigenvalue weighted by Gasteiger charge is 2.32. The molecule has 6 heteroatoms. The molecule has 0 amide bonds. The van der Waals surface area contributed by atoms with Gasteiger partial charge in [0.05, 0.1) is 30.0 Å². The van der Waals surface area contributed by atoms with Gasteiger partial charge in [0.25, 0.3) is 0 Å². The van der Waals surface area contributed by atoms with Crippen molar-refractivity contribution in [3.63, 3.8) is 0 Å². The van der Waals surface area contributed by atoms with Crippen LogP contribution in [0.2, 0.25) is 0 Å². The zero-order valence-electron chi connectivity index (χ0n) is 14.9. The molecular weight excluding hydrogens is 356 g/mol. The highest BCUT2D eigenvalue weighted by atomic mass is 32.1. The normalized spacial score (nSPS) is 17.6. The van der Waals surface area contributed by atoms with Gasteiger partial charge in [0, 0.05) is 35.4 Å². The third-order valence-corrected chi connectivity index (χ3v) is 5.59. The molecular formula is C21H20N4OS. The van der Waals surface area contributed by atoms with Gasteiger partial charge in [0.1, 0.15) is 0 Å². The van der Waals surface area contributed by atoms with Gasteiger partial charge in [-0.15, -0.1) is 0 Å². The molecule has 5 nitrogen and oxygen atoms in total. The molecule has 2 aromatic heterocycles. The van der Waals surface area contributed by atoms with E-state index >= 15 is 0 Å². The van der Waals surface area contributed by atoms with E-state index in [1.165, 1.54) is 11.3 Å². The molecule has 4 rings (SSSR count). The second-order valence-electron chi connectivity index (χ2n) is 6.50. The van der Waals surface area contributed by atoms with Crippen LogP contribution in [0.4, 0.5) is 5.69 Å². The van der Waals surface area contributed by atoms with Gasteiger partial charge in [-0.1, -0.05) is 24.3 Å². The molecule has 2 atom stereocenters. The number of carbonyl (C=O) groups excluding carboxylic acids is 1. The second-order valence-corrected chi connectivity index (χ2v) is 7.28. The number of para-hydroxylation sites is 1. The molecule has 0 saturated carbocycles. The number of carbonyl (C=O) groups is 1. The third kappa shape index (κ3) is 3.29. The van der Waals surface area contributed by atoms with Crippen LogP contribution in [0, 0.1) is 0 Å². The number of benzene rings is 1. The van der Waals surface area contributed by atoms with Crippen molar-refractivity contribution in [2.75, 3.05) is 18.5 Å². The van der Waals surface area contributed by atoms with Crippen LogP contribution in [0.5, 0.6) is 0 Å². The minimum absolute atomic E-state index is 0.0536. The van der Waals surface area contributed by atoms with Crippen LogP contribution in [0.1, 0.15) is 21.6 Å². The molecule has 0 radical (unpaired) electrons. The molecule has 1 aliphatic rings. The van der Waals surface area contributed by atoms with Crippen LogP contribution in [-0.4, -0.2) is 42.2 Å². The van der Waals surface area contributed by atoms with Crippen molar-refractivity contribution in [2.24, 2.45) is 10.7 Å². The smallest absolute Gasteiger partial charge is 0.182 e. The zero-order chi connectivity index (χ0) is 18.8. The average molecular weight is 376 g/mol. The molecule has 0 aliphatic carbocycles. The molecule has 0 fully saturated rings. The summed E-state index contributed by atoms with van der Waals surface area (Å²) in [5.41, 5.74) is 10.7. The number of nitrogens with two attached hydrogens (primary N) is 1. The Morgan fingerprint density at radius 3 is 2.78 bits per heavy atom. The van der Waals surface area contributed by atoms with Gasteiger partial charge >= 0.3 is 0 Å². The number of aromatic nitrogens is 1. The summed E-state index contributed by atoms with van der Waals surface area (Å²) in [6.07, 6.45) is 1.76. The molecule has 3 aromatic rings. The predicted molar refractivity (Wildman–Crippen MR) is 110 cm³/mol. The number of hydrogen-bond acceptors (Lipinski definition) is 6. The molecule has 1 aliphatic heterocycles. The van der Waals surface area contributed by atoms with Crippen molar-refractivity contribution in [3.8, 4) is 0 Å². The van der Waals surface area contributed by atoms with Crippen LogP contribution in [-0.2, 0) is 0 Å². The number of anilines is 1. The molecule has 0 spiro atoms. The van der Waals surface area contributed by atoms with Crippen molar-refractivity contribution in [1.29, 1.82) is 0 Å². The van der Waals surface area contributed by atoms with Gasteiger partial charge in [-0.3, -0.25) is 14.8 Å². The number of rotatable bonds is 4. The maximum absolute atomic E-state index is 12.8. The number of thiophene rings is 1. The fraction of sp³-hybridized carbons (Fsp3) is 0.190. The van der Waals surface area contributed by atoms with E-state index in [1.807, 2.05) is 66.3 Å². The number of benzodiazepines with no additional fused rings is 1. The molecule has 0 bridgehead atoms. The summed E-state index contributed by atoms with van der Waals surface area (Å²) in [5.74, 6) is -0.0536. The fourth-order valence-electron chi connectivity index (χ4n) is 3.40. The van der Waals surface area contributed by atoms with Crippen LogP contribution in [0.3, 0.4) is 0 Å². The Morgan fingerprint density at radius 1 is 1.22 bits per heavy atom. The summed E-state index contributed by atoms with van der Waals surface area (Å²) in [5, 5.41) is 3.73.